The van der Waals surface area contributed by atoms with E-state index < -0.39 is 0 Å². The molecular weight excluding hydrogens is 406 g/mol. The number of unbranched alkanes of at least 4 members (excludes halogenated alkanes) is 1. The second-order valence-electron chi connectivity index (χ2n) is 7.87. The van der Waals surface area contributed by atoms with Gasteiger partial charge >= 0.3 is 0 Å². The van der Waals surface area contributed by atoms with Gasteiger partial charge < -0.3 is 4.57 Å². The first-order valence-corrected chi connectivity index (χ1v) is 12.0. The zero-order valence-electron chi connectivity index (χ0n) is 18.6. The molecule has 6 heteroatoms. The Bertz CT molecular complexity index is 1050. The summed E-state index contributed by atoms with van der Waals surface area (Å²) in [5.74, 6) is 0.577. The minimum absolute atomic E-state index is 0.112. The third-order valence-electron chi connectivity index (χ3n) is 5.72. The van der Waals surface area contributed by atoms with Gasteiger partial charge in [-0.1, -0.05) is 52.2 Å². The van der Waals surface area contributed by atoms with Gasteiger partial charge in [0.2, 0.25) is 0 Å². The molecule has 5 nitrogen and oxygen atoms in total. The molecule has 3 rings (SSSR count). The van der Waals surface area contributed by atoms with Gasteiger partial charge in [0.1, 0.15) is 0 Å². The lowest BCUT2D eigenvalue weighted by Gasteiger charge is -2.17. The van der Waals surface area contributed by atoms with Gasteiger partial charge in [0.25, 0.3) is 5.69 Å². The van der Waals surface area contributed by atoms with E-state index in [0.29, 0.717) is 5.92 Å². The Hall–Kier alpha value is -2.73. The average Bonchev–Trinajstić information content (AvgIpc) is 3.19. The summed E-state index contributed by atoms with van der Waals surface area (Å²) in [5, 5.41) is 13.2. The minimum Gasteiger partial charge on any atom is -0.316 e. The van der Waals surface area contributed by atoms with Gasteiger partial charge in [-0.15, -0.1) is 11.3 Å². The highest BCUT2D eigenvalue weighted by Crippen LogP contribution is 2.26. The molecule has 31 heavy (non-hydrogen) atoms. The molecule has 0 spiro atoms. The van der Waals surface area contributed by atoms with Crippen molar-refractivity contribution in [3.8, 4) is 11.3 Å². The highest BCUT2D eigenvalue weighted by Gasteiger charge is 2.14. The summed E-state index contributed by atoms with van der Waals surface area (Å²) in [7, 11) is 0. The second kappa shape index (κ2) is 11.0. The predicted molar refractivity (Wildman–Crippen MR) is 129 cm³/mol. The number of thiazole rings is 1. The first kappa shape index (κ1) is 22.9. The van der Waals surface area contributed by atoms with Crippen molar-refractivity contribution in [2.45, 2.75) is 59.4 Å². The quantitative estimate of drug-likeness (QED) is 0.250. The Morgan fingerprint density at radius 1 is 1.06 bits per heavy atom. The molecule has 1 atom stereocenters. The molecule has 2 aromatic carbocycles. The first-order valence-electron chi connectivity index (χ1n) is 11.1. The summed E-state index contributed by atoms with van der Waals surface area (Å²) in [6.07, 6.45) is 5.74. The predicted octanol–water partition coefficient (Wildman–Crippen LogP) is 7.14. The van der Waals surface area contributed by atoms with Crippen molar-refractivity contribution in [3.63, 3.8) is 0 Å². The molecule has 1 unspecified atom stereocenters. The number of non-ortho nitro benzene ring substituents is 1. The third kappa shape index (κ3) is 5.91. The van der Waals surface area contributed by atoms with Gasteiger partial charge in [-0.05, 0) is 54.2 Å². The lowest BCUT2D eigenvalue weighted by Crippen LogP contribution is -2.21. The number of hydrogen-bond acceptors (Lipinski definition) is 4. The molecule has 1 heterocycles. The van der Waals surface area contributed by atoms with E-state index in [2.05, 4.69) is 55.0 Å². The number of hydrogen-bond donors (Lipinski definition) is 0. The van der Waals surface area contributed by atoms with E-state index in [9.17, 15) is 10.1 Å². The number of nitro groups is 1. The van der Waals surface area contributed by atoms with E-state index in [1.807, 2.05) is 12.1 Å². The van der Waals surface area contributed by atoms with Crippen molar-refractivity contribution < 1.29 is 4.92 Å². The number of nitro benzene ring substituents is 1. The molecule has 0 fully saturated rings. The monoisotopic (exact) mass is 437 g/mol. The van der Waals surface area contributed by atoms with E-state index in [1.165, 1.54) is 24.8 Å². The molecule has 164 valence electrons. The van der Waals surface area contributed by atoms with Crippen molar-refractivity contribution in [2.24, 2.45) is 10.9 Å². The maximum absolute atomic E-state index is 11.0. The largest absolute Gasteiger partial charge is 0.316 e. The number of aryl methyl sites for hydroxylation is 1. The lowest BCUT2D eigenvalue weighted by molar-refractivity contribution is -0.384. The number of nitrogens with zero attached hydrogens (tertiary/aromatic N) is 3. The second-order valence-corrected chi connectivity index (χ2v) is 8.70. The number of aromatic nitrogens is 1. The fraction of sp³-hybridized carbons (Fsp3) is 0.400. The fourth-order valence-electron chi connectivity index (χ4n) is 3.67. The van der Waals surface area contributed by atoms with Crippen molar-refractivity contribution >= 4 is 22.7 Å². The van der Waals surface area contributed by atoms with E-state index >= 15 is 0 Å². The van der Waals surface area contributed by atoms with Crippen LogP contribution in [0.3, 0.4) is 0 Å². The normalized spacial score (nSPS) is 12.8. The summed E-state index contributed by atoms with van der Waals surface area (Å²) < 4.78 is 2.30. The molecule has 0 N–H and O–H groups in total. The number of rotatable bonds is 10. The van der Waals surface area contributed by atoms with Crippen molar-refractivity contribution in [3.05, 3.63) is 74.4 Å². The Labute approximate surface area is 188 Å². The maximum atomic E-state index is 11.0. The SMILES string of the molecule is CCCCC(CC)Cn1c(-c2ccc([N+](=O)[O-])cc2)csc1=Nc1ccc(CC)cc1. The summed E-state index contributed by atoms with van der Waals surface area (Å²) >= 11 is 1.63. The third-order valence-corrected chi connectivity index (χ3v) is 6.59. The Kier molecular flexibility index (Phi) is 8.18. The van der Waals surface area contributed by atoms with Gasteiger partial charge in [-0.3, -0.25) is 10.1 Å². The van der Waals surface area contributed by atoms with Crippen molar-refractivity contribution in [2.75, 3.05) is 0 Å². The molecule has 0 saturated heterocycles. The van der Waals surface area contributed by atoms with Crippen LogP contribution in [0.15, 0.2) is 58.9 Å². The van der Waals surface area contributed by atoms with Crippen LogP contribution in [0, 0.1) is 16.0 Å². The van der Waals surface area contributed by atoms with Crippen LogP contribution in [-0.2, 0) is 13.0 Å². The molecule has 0 aliphatic rings. The minimum atomic E-state index is -0.357. The van der Waals surface area contributed by atoms with Crippen LogP contribution in [0.2, 0.25) is 0 Å². The summed E-state index contributed by atoms with van der Waals surface area (Å²) in [6, 6.07) is 15.2. The Morgan fingerprint density at radius 2 is 1.77 bits per heavy atom. The van der Waals surface area contributed by atoms with Gasteiger partial charge in [-0.2, -0.15) is 0 Å². The van der Waals surface area contributed by atoms with E-state index in [0.717, 1.165) is 41.1 Å². The fourth-order valence-corrected chi connectivity index (χ4v) is 4.61. The molecule has 3 aromatic rings. The zero-order chi connectivity index (χ0) is 22.2. The summed E-state index contributed by atoms with van der Waals surface area (Å²) in [5.41, 5.74) is 4.41. The Morgan fingerprint density at radius 3 is 2.35 bits per heavy atom. The maximum Gasteiger partial charge on any atom is 0.269 e. The molecule has 0 bridgehead atoms. The van der Waals surface area contributed by atoms with Crippen LogP contribution >= 0.6 is 11.3 Å². The van der Waals surface area contributed by atoms with E-state index in [4.69, 9.17) is 4.99 Å². The topological polar surface area (TPSA) is 60.4 Å². The molecular formula is C25H31N3O2S. The average molecular weight is 438 g/mol. The summed E-state index contributed by atoms with van der Waals surface area (Å²) in [6.45, 7) is 7.53. The summed E-state index contributed by atoms with van der Waals surface area (Å²) in [4.78, 5) is 16.6. The zero-order valence-corrected chi connectivity index (χ0v) is 19.4. The highest BCUT2D eigenvalue weighted by molar-refractivity contribution is 7.07. The van der Waals surface area contributed by atoms with Gasteiger partial charge in [-0.25, -0.2) is 4.99 Å². The van der Waals surface area contributed by atoms with Crippen LogP contribution in [-0.4, -0.2) is 9.49 Å². The van der Waals surface area contributed by atoms with Crippen LogP contribution in [0.25, 0.3) is 11.3 Å². The van der Waals surface area contributed by atoms with Gasteiger partial charge in [0.15, 0.2) is 4.80 Å². The Balaban J connectivity index is 2.03. The van der Waals surface area contributed by atoms with Crippen molar-refractivity contribution in [1.82, 2.24) is 4.57 Å². The van der Waals surface area contributed by atoms with E-state index in [-0.39, 0.29) is 10.6 Å². The van der Waals surface area contributed by atoms with Crippen LogP contribution in [0.1, 0.15) is 52.0 Å². The van der Waals surface area contributed by atoms with Gasteiger partial charge in [0.05, 0.1) is 16.3 Å². The van der Waals surface area contributed by atoms with Gasteiger partial charge in [0, 0.05) is 24.1 Å². The lowest BCUT2D eigenvalue weighted by atomic mass is 9.99. The van der Waals surface area contributed by atoms with E-state index in [1.54, 1.807) is 23.5 Å². The van der Waals surface area contributed by atoms with Crippen LogP contribution < -0.4 is 4.80 Å². The molecule has 0 amide bonds. The first-order chi connectivity index (χ1) is 15.0. The highest BCUT2D eigenvalue weighted by atomic mass is 32.1. The van der Waals surface area contributed by atoms with Crippen LogP contribution in [0.4, 0.5) is 11.4 Å². The van der Waals surface area contributed by atoms with Crippen LogP contribution in [0.5, 0.6) is 0 Å². The molecule has 1 aromatic heterocycles. The number of benzene rings is 2. The molecule has 0 aliphatic carbocycles. The molecule has 0 aliphatic heterocycles. The smallest absolute Gasteiger partial charge is 0.269 e. The molecule has 0 radical (unpaired) electrons. The molecule has 0 saturated carbocycles. The standard InChI is InChI=1S/C25H31N3O2S/c1-4-7-8-20(6-3)17-27-24(21-11-15-23(16-12-21)28(29)30)18-31-25(27)26-22-13-9-19(5-2)10-14-22/h9-16,18,20H,4-8,17H2,1-3H3. The van der Waals surface area contributed by atoms with Crippen molar-refractivity contribution in [1.29, 1.82) is 0 Å².